The highest BCUT2D eigenvalue weighted by molar-refractivity contribution is 5.95. The van der Waals surface area contributed by atoms with Crippen LogP contribution in [-0.2, 0) is 0 Å². The third-order valence-corrected chi connectivity index (χ3v) is 4.94. The number of amides is 1. The Labute approximate surface area is 184 Å². The van der Waals surface area contributed by atoms with E-state index in [-0.39, 0.29) is 11.7 Å². The van der Waals surface area contributed by atoms with Crippen LogP contribution in [0.3, 0.4) is 0 Å². The third-order valence-electron chi connectivity index (χ3n) is 4.94. The lowest BCUT2D eigenvalue weighted by Gasteiger charge is -2.19. The van der Waals surface area contributed by atoms with E-state index >= 15 is 0 Å². The number of rotatable bonds is 13. The van der Waals surface area contributed by atoms with Gasteiger partial charge in [-0.15, -0.1) is 0 Å². The molecule has 31 heavy (non-hydrogen) atoms. The monoisotopic (exact) mass is 427 g/mol. The van der Waals surface area contributed by atoms with Gasteiger partial charge in [0.2, 0.25) is 0 Å². The van der Waals surface area contributed by atoms with Crippen molar-refractivity contribution in [1.82, 2.24) is 4.90 Å². The Bertz CT molecular complexity index is 848. The Morgan fingerprint density at radius 2 is 1.52 bits per heavy atom. The number of carbonyl (C=O) groups is 1. The number of nitrogens with one attached hydrogen (secondary N) is 1. The predicted octanol–water partition coefficient (Wildman–Crippen LogP) is 4.09. The van der Waals surface area contributed by atoms with Crippen molar-refractivity contribution < 1.29 is 19.0 Å². The predicted molar refractivity (Wildman–Crippen MR) is 123 cm³/mol. The first-order valence-electron chi connectivity index (χ1n) is 10.7. The molecule has 0 aliphatic heterocycles. The van der Waals surface area contributed by atoms with Gasteiger partial charge in [-0.3, -0.25) is 10.2 Å². The van der Waals surface area contributed by atoms with Crippen molar-refractivity contribution in [2.75, 3.05) is 33.4 Å². The number of carbonyl (C=O) groups excluding carboxylic acids is 1. The van der Waals surface area contributed by atoms with Crippen LogP contribution in [0.15, 0.2) is 42.5 Å². The van der Waals surface area contributed by atoms with Gasteiger partial charge >= 0.3 is 0 Å². The maximum atomic E-state index is 12.5. The van der Waals surface area contributed by atoms with Crippen molar-refractivity contribution in [2.24, 2.45) is 5.73 Å². The summed E-state index contributed by atoms with van der Waals surface area (Å²) in [6.45, 7) is 6.45. The van der Waals surface area contributed by atoms with E-state index in [2.05, 4.69) is 0 Å². The molecule has 0 heterocycles. The zero-order valence-electron chi connectivity index (χ0n) is 18.6. The number of nitrogen functional groups attached to an aromatic ring is 1. The van der Waals surface area contributed by atoms with Gasteiger partial charge in [0.05, 0.1) is 20.3 Å². The van der Waals surface area contributed by atoms with E-state index < -0.39 is 0 Å². The average Bonchev–Trinajstić information content (AvgIpc) is 2.79. The fourth-order valence-electron chi connectivity index (χ4n) is 3.10. The molecular formula is C24H33N3O4. The number of nitrogens with two attached hydrogens (primary N) is 1. The second-order valence-electron chi connectivity index (χ2n) is 7.04. The molecule has 0 bridgehead atoms. The number of benzene rings is 2. The molecule has 0 atom stereocenters. The number of hydrogen-bond acceptors (Lipinski definition) is 5. The summed E-state index contributed by atoms with van der Waals surface area (Å²) >= 11 is 0. The van der Waals surface area contributed by atoms with E-state index in [1.165, 1.54) is 0 Å². The lowest BCUT2D eigenvalue weighted by atomic mass is 10.1. The van der Waals surface area contributed by atoms with E-state index in [1.807, 2.05) is 26.0 Å². The Morgan fingerprint density at radius 3 is 2.10 bits per heavy atom. The molecular weight excluding hydrogens is 394 g/mol. The summed E-state index contributed by atoms with van der Waals surface area (Å²) in [4.78, 5) is 14.3. The van der Waals surface area contributed by atoms with Crippen LogP contribution in [0, 0.1) is 5.41 Å². The number of ether oxygens (including phenoxy) is 3. The van der Waals surface area contributed by atoms with Crippen LogP contribution in [-0.4, -0.2) is 50.1 Å². The minimum atomic E-state index is -0.00853. The molecule has 1 amide bonds. The standard InChI is InChI=1S/C24H33N3O4/c1-4-27(5-2)24(28)19-11-14-21(22(17-19)29-3)31-16-8-6-7-15-30-20-12-9-18(10-13-20)23(25)26/h9-14,17H,4-8,15-16H2,1-3H3,(H3,25,26). The maximum Gasteiger partial charge on any atom is 0.253 e. The van der Waals surface area contributed by atoms with Crippen LogP contribution in [0.4, 0.5) is 0 Å². The van der Waals surface area contributed by atoms with Crippen LogP contribution < -0.4 is 19.9 Å². The summed E-state index contributed by atoms with van der Waals surface area (Å²) < 4.78 is 17.0. The molecule has 0 radical (unpaired) electrons. The van der Waals surface area contributed by atoms with E-state index in [4.69, 9.17) is 25.4 Å². The molecule has 2 aromatic rings. The van der Waals surface area contributed by atoms with Crippen LogP contribution >= 0.6 is 0 Å². The molecule has 0 aliphatic carbocycles. The maximum absolute atomic E-state index is 12.5. The fourth-order valence-corrected chi connectivity index (χ4v) is 3.10. The van der Waals surface area contributed by atoms with Crippen molar-refractivity contribution in [1.29, 1.82) is 5.41 Å². The van der Waals surface area contributed by atoms with E-state index in [9.17, 15) is 4.79 Å². The van der Waals surface area contributed by atoms with Crippen molar-refractivity contribution in [3.05, 3.63) is 53.6 Å². The lowest BCUT2D eigenvalue weighted by molar-refractivity contribution is 0.0772. The molecule has 7 nitrogen and oxygen atoms in total. The highest BCUT2D eigenvalue weighted by Crippen LogP contribution is 2.29. The summed E-state index contributed by atoms with van der Waals surface area (Å²) in [7, 11) is 1.58. The molecule has 2 aromatic carbocycles. The zero-order valence-corrected chi connectivity index (χ0v) is 18.6. The number of amidine groups is 1. The molecule has 0 saturated heterocycles. The number of nitrogens with zero attached hydrogens (tertiary/aromatic N) is 1. The number of hydrogen-bond donors (Lipinski definition) is 2. The normalized spacial score (nSPS) is 10.4. The summed E-state index contributed by atoms with van der Waals surface area (Å²) in [5, 5.41) is 7.39. The van der Waals surface area contributed by atoms with Gasteiger partial charge in [-0.05, 0) is 75.6 Å². The minimum absolute atomic E-state index is 0.00853. The van der Waals surface area contributed by atoms with Crippen molar-refractivity contribution in [3.8, 4) is 17.2 Å². The van der Waals surface area contributed by atoms with Crippen molar-refractivity contribution in [2.45, 2.75) is 33.1 Å². The first kappa shape index (κ1) is 24.1. The largest absolute Gasteiger partial charge is 0.494 e. The summed E-state index contributed by atoms with van der Waals surface area (Å²) in [5.74, 6) is 2.01. The SMILES string of the molecule is CCN(CC)C(=O)c1ccc(OCCCCCOc2ccc(C(=N)N)cc2)c(OC)c1. The van der Waals surface area contributed by atoms with Gasteiger partial charge in [-0.2, -0.15) is 0 Å². The van der Waals surface area contributed by atoms with Crippen LogP contribution in [0.2, 0.25) is 0 Å². The van der Waals surface area contributed by atoms with Gasteiger partial charge < -0.3 is 24.8 Å². The molecule has 168 valence electrons. The molecule has 0 aromatic heterocycles. The lowest BCUT2D eigenvalue weighted by Crippen LogP contribution is -2.30. The van der Waals surface area contributed by atoms with Crippen molar-refractivity contribution in [3.63, 3.8) is 0 Å². The molecule has 3 N–H and O–H groups in total. The Hall–Kier alpha value is -3.22. The quantitative estimate of drug-likeness (QED) is 0.285. The first-order valence-corrected chi connectivity index (χ1v) is 10.7. The van der Waals surface area contributed by atoms with Gasteiger partial charge in [-0.25, -0.2) is 0 Å². The number of unbranched alkanes of at least 4 members (excludes halogenated alkanes) is 2. The minimum Gasteiger partial charge on any atom is -0.494 e. The van der Waals surface area contributed by atoms with Crippen molar-refractivity contribution >= 4 is 11.7 Å². The highest BCUT2D eigenvalue weighted by Gasteiger charge is 2.15. The summed E-state index contributed by atoms with van der Waals surface area (Å²) in [6, 6.07) is 12.5. The van der Waals surface area contributed by atoms with Gasteiger partial charge in [0.15, 0.2) is 11.5 Å². The van der Waals surface area contributed by atoms with E-state index in [0.29, 0.717) is 48.9 Å². The molecule has 0 unspecified atom stereocenters. The molecule has 0 aliphatic rings. The summed E-state index contributed by atoms with van der Waals surface area (Å²) in [6.07, 6.45) is 2.76. The number of methoxy groups -OCH3 is 1. The first-order chi connectivity index (χ1) is 15.0. The molecule has 7 heteroatoms. The fraction of sp³-hybridized carbons (Fsp3) is 0.417. The zero-order chi connectivity index (χ0) is 22.6. The smallest absolute Gasteiger partial charge is 0.253 e. The van der Waals surface area contributed by atoms with Gasteiger partial charge in [0, 0.05) is 24.2 Å². The van der Waals surface area contributed by atoms with Gasteiger partial charge in [0.1, 0.15) is 11.6 Å². The Morgan fingerprint density at radius 1 is 0.903 bits per heavy atom. The average molecular weight is 428 g/mol. The van der Waals surface area contributed by atoms with Gasteiger partial charge in [-0.1, -0.05) is 0 Å². The topological polar surface area (TPSA) is 97.9 Å². The van der Waals surface area contributed by atoms with Crippen LogP contribution in [0.25, 0.3) is 0 Å². The molecule has 2 rings (SSSR count). The molecule has 0 spiro atoms. The Balaban J connectivity index is 1.73. The third kappa shape index (κ3) is 7.20. The Kier molecular flexibility index (Phi) is 9.68. The van der Waals surface area contributed by atoms with Gasteiger partial charge in [0.25, 0.3) is 5.91 Å². The molecule has 0 fully saturated rings. The highest BCUT2D eigenvalue weighted by atomic mass is 16.5. The second-order valence-corrected chi connectivity index (χ2v) is 7.04. The van der Waals surface area contributed by atoms with Crippen LogP contribution in [0.1, 0.15) is 49.0 Å². The second kappa shape index (κ2) is 12.5. The van der Waals surface area contributed by atoms with Crippen LogP contribution in [0.5, 0.6) is 17.2 Å². The van der Waals surface area contributed by atoms with E-state index in [1.54, 1.807) is 42.3 Å². The molecule has 0 saturated carbocycles. The van der Waals surface area contributed by atoms with E-state index in [0.717, 1.165) is 25.0 Å². The summed E-state index contributed by atoms with van der Waals surface area (Å²) in [5.41, 5.74) is 6.73.